The van der Waals surface area contributed by atoms with Gasteiger partial charge in [-0.25, -0.2) is 0 Å². The van der Waals surface area contributed by atoms with E-state index in [1.165, 1.54) is 0 Å². The summed E-state index contributed by atoms with van der Waals surface area (Å²) in [5.41, 5.74) is 1.88. The third kappa shape index (κ3) is 5.10. The molecule has 0 unspecified atom stereocenters. The lowest BCUT2D eigenvalue weighted by Crippen LogP contribution is -2.29. The summed E-state index contributed by atoms with van der Waals surface area (Å²) in [7, 11) is 1.68. The number of aryl methyl sites for hydroxylation is 1. The predicted octanol–water partition coefficient (Wildman–Crippen LogP) is 3.73. The zero-order valence-corrected chi connectivity index (χ0v) is 13.5. The number of hydrogen-bond acceptors (Lipinski definition) is 2. The second-order valence-corrected chi connectivity index (χ2v) is 5.48. The molecule has 0 saturated heterocycles. The van der Waals surface area contributed by atoms with Gasteiger partial charge in [0.05, 0.1) is 5.69 Å². The first-order valence-electron chi connectivity index (χ1n) is 5.54. The van der Waals surface area contributed by atoms with Gasteiger partial charge >= 0.3 is 0 Å². The van der Waals surface area contributed by atoms with E-state index in [0.29, 0.717) is 10.1 Å². The van der Waals surface area contributed by atoms with Crippen molar-refractivity contribution >= 4 is 50.5 Å². The maximum Gasteiger partial charge on any atom is 0.170 e. The smallest absolute Gasteiger partial charge is 0.170 e. The lowest BCUT2D eigenvalue weighted by Gasteiger charge is -2.13. The maximum absolute atomic E-state index is 6.07. The molecule has 0 amide bonds. The minimum Gasteiger partial charge on any atom is -0.385 e. The number of thiocarbonyl (C=S) groups is 1. The van der Waals surface area contributed by atoms with Crippen molar-refractivity contribution in [2.75, 3.05) is 25.6 Å². The normalized spacial score (nSPS) is 10.2. The van der Waals surface area contributed by atoms with Crippen LogP contribution in [-0.4, -0.2) is 25.4 Å². The van der Waals surface area contributed by atoms with Gasteiger partial charge in [0, 0.05) is 29.8 Å². The van der Waals surface area contributed by atoms with Gasteiger partial charge in [0.1, 0.15) is 0 Å². The van der Waals surface area contributed by atoms with Crippen LogP contribution in [0.2, 0.25) is 5.02 Å². The van der Waals surface area contributed by atoms with Gasteiger partial charge in [-0.2, -0.15) is 0 Å². The molecule has 0 aromatic heterocycles. The average Bonchev–Trinajstić information content (AvgIpc) is 2.32. The van der Waals surface area contributed by atoms with Crippen LogP contribution in [0.4, 0.5) is 5.69 Å². The first-order chi connectivity index (χ1) is 8.54. The zero-order valence-electron chi connectivity index (χ0n) is 10.3. The SMILES string of the molecule is COCCCNC(=S)Nc1cc(Cl)c(C)cc1Br. The molecule has 100 valence electrons. The van der Waals surface area contributed by atoms with Gasteiger partial charge in [-0.1, -0.05) is 11.6 Å². The van der Waals surface area contributed by atoms with E-state index in [1.807, 2.05) is 19.1 Å². The number of benzene rings is 1. The summed E-state index contributed by atoms with van der Waals surface area (Å²) < 4.78 is 5.90. The largest absolute Gasteiger partial charge is 0.385 e. The van der Waals surface area contributed by atoms with Gasteiger partial charge in [0.25, 0.3) is 0 Å². The molecule has 0 fully saturated rings. The van der Waals surface area contributed by atoms with Crippen LogP contribution in [0.3, 0.4) is 0 Å². The van der Waals surface area contributed by atoms with Crippen molar-refractivity contribution in [3.63, 3.8) is 0 Å². The fraction of sp³-hybridized carbons (Fsp3) is 0.417. The van der Waals surface area contributed by atoms with Crippen LogP contribution in [0, 0.1) is 6.92 Å². The van der Waals surface area contributed by atoms with Gasteiger partial charge in [-0.3, -0.25) is 0 Å². The second kappa shape index (κ2) is 7.94. The first-order valence-corrected chi connectivity index (χ1v) is 7.12. The molecule has 0 bridgehead atoms. The van der Waals surface area contributed by atoms with Crippen LogP contribution in [0.15, 0.2) is 16.6 Å². The Morgan fingerprint density at radius 1 is 1.50 bits per heavy atom. The zero-order chi connectivity index (χ0) is 13.5. The van der Waals surface area contributed by atoms with E-state index < -0.39 is 0 Å². The summed E-state index contributed by atoms with van der Waals surface area (Å²) in [6.45, 7) is 3.45. The Morgan fingerprint density at radius 2 is 2.22 bits per heavy atom. The van der Waals surface area contributed by atoms with Crippen LogP contribution in [0.1, 0.15) is 12.0 Å². The molecule has 1 aromatic rings. The molecule has 3 nitrogen and oxygen atoms in total. The molecule has 0 radical (unpaired) electrons. The van der Waals surface area contributed by atoms with E-state index in [0.717, 1.165) is 35.3 Å². The Balaban J connectivity index is 2.51. The minimum atomic E-state index is 0.576. The highest BCUT2D eigenvalue weighted by Gasteiger charge is 2.05. The lowest BCUT2D eigenvalue weighted by atomic mass is 10.2. The van der Waals surface area contributed by atoms with Crippen molar-refractivity contribution in [3.05, 3.63) is 27.2 Å². The highest BCUT2D eigenvalue weighted by molar-refractivity contribution is 9.10. The molecular weight excluding hydrogens is 336 g/mol. The van der Waals surface area contributed by atoms with Gasteiger partial charge in [0.15, 0.2) is 5.11 Å². The van der Waals surface area contributed by atoms with Crippen molar-refractivity contribution < 1.29 is 4.74 Å². The number of anilines is 1. The van der Waals surface area contributed by atoms with Crippen LogP contribution in [0.25, 0.3) is 0 Å². The topological polar surface area (TPSA) is 33.3 Å². The standard InChI is InChI=1S/C12H16BrClN2OS/c1-8-6-9(13)11(7-10(8)14)16-12(18)15-4-3-5-17-2/h6-7H,3-5H2,1-2H3,(H2,15,16,18). The Morgan fingerprint density at radius 3 is 2.89 bits per heavy atom. The highest BCUT2D eigenvalue weighted by atomic mass is 79.9. The molecule has 0 aliphatic heterocycles. The molecule has 1 aromatic carbocycles. The molecule has 1 rings (SSSR count). The van der Waals surface area contributed by atoms with Crippen molar-refractivity contribution in [2.45, 2.75) is 13.3 Å². The molecule has 6 heteroatoms. The Hall–Kier alpha value is -0.360. The summed E-state index contributed by atoms with van der Waals surface area (Å²) in [5, 5.41) is 7.49. The molecule has 2 N–H and O–H groups in total. The summed E-state index contributed by atoms with van der Waals surface area (Å²) in [6, 6.07) is 3.81. The van der Waals surface area contributed by atoms with Crippen LogP contribution in [0.5, 0.6) is 0 Å². The number of methoxy groups -OCH3 is 1. The molecular formula is C12H16BrClN2OS. The highest BCUT2D eigenvalue weighted by Crippen LogP contribution is 2.28. The number of halogens is 2. The van der Waals surface area contributed by atoms with Gasteiger partial charge in [0.2, 0.25) is 0 Å². The fourth-order valence-corrected chi connectivity index (χ4v) is 2.26. The number of rotatable bonds is 5. The molecule has 0 aliphatic carbocycles. The molecule has 18 heavy (non-hydrogen) atoms. The summed E-state index contributed by atoms with van der Waals surface area (Å²) in [4.78, 5) is 0. The number of hydrogen-bond donors (Lipinski definition) is 2. The number of nitrogens with one attached hydrogen (secondary N) is 2. The third-order valence-corrected chi connectivity index (χ3v) is 3.62. The average molecular weight is 352 g/mol. The summed E-state index contributed by atoms with van der Waals surface area (Å²) in [6.07, 6.45) is 0.911. The lowest BCUT2D eigenvalue weighted by molar-refractivity contribution is 0.196. The summed E-state index contributed by atoms with van der Waals surface area (Å²) in [5.74, 6) is 0. The van der Waals surface area contributed by atoms with E-state index in [2.05, 4.69) is 26.6 Å². The van der Waals surface area contributed by atoms with Gasteiger partial charge < -0.3 is 15.4 Å². The number of ether oxygens (including phenoxy) is 1. The van der Waals surface area contributed by atoms with Crippen molar-refractivity contribution in [2.24, 2.45) is 0 Å². The van der Waals surface area contributed by atoms with E-state index in [9.17, 15) is 0 Å². The van der Waals surface area contributed by atoms with Crippen molar-refractivity contribution in [3.8, 4) is 0 Å². The fourth-order valence-electron chi connectivity index (χ4n) is 1.33. The maximum atomic E-state index is 6.07. The molecule has 0 aliphatic rings. The van der Waals surface area contributed by atoms with Gasteiger partial charge in [-0.05, 0) is 59.2 Å². The Kier molecular flexibility index (Phi) is 6.92. The quantitative estimate of drug-likeness (QED) is 0.625. The van der Waals surface area contributed by atoms with E-state index in [1.54, 1.807) is 7.11 Å². The molecule has 0 atom stereocenters. The van der Waals surface area contributed by atoms with E-state index >= 15 is 0 Å². The monoisotopic (exact) mass is 350 g/mol. The Bertz CT molecular complexity index is 429. The van der Waals surface area contributed by atoms with Crippen molar-refractivity contribution in [1.82, 2.24) is 5.32 Å². The Labute approximate surface area is 126 Å². The second-order valence-electron chi connectivity index (χ2n) is 3.81. The van der Waals surface area contributed by atoms with Crippen LogP contribution >= 0.6 is 39.7 Å². The summed E-state index contributed by atoms with van der Waals surface area (Å²) >= 11 is 14.7. The van der Waals surface area contributed by atoms with E-state index in [4.69, 9.17) is 28.6 Å². The predicted molar refractivity (Wildman–Crippen MR) is 84.6 cm³/mol. The van der Waals surface area contributed by atoms with E-state index in [-0.39, 0.29) is 0 Å². The van der Waals surface area contributed by atoms with Gasteiger partial charge in [-0.15, -0.1) is 0 Å². The molecule has 0 heterocycles. The first kappa shape index (κ1) is 15.7. The molecule has 0 saturated carbocycles. The van der Waals surface area contributed by atoms with Crippen LogP contribution < -0.4 is 10.6 Å². The third-order valence-electron chi connectivity index (χ3n) is 2.31. The van der Waals surface area contributed by atoms with Crippen molar-refractivity contribution in [1.29, 1.82) is 0 Å². The minimum absolute atomic E-state index is 0.576. The molecule has 0 spiro atoms. The van der Waals surface area contributed by atoms with Crippen LogP contribution in [-0.2, 0) is 4.74 Å².